The van der Waals surface area contributed by atoms with Gasteiger partial charge in [0.15, 0.2) is 0 Å². The van der Waals surface area contributed by atoms with Crippen LogP contribution in [0.15, 0.2) is 30.4 Å². The maximum absolute atomic E-state index is 13.5. The number of ether oxygens (including phenoxy) is 1. The second-order valence-corrected chi connectivity index (χ2v) is 3.26. The Morgan fingerprint density at radius 1 is 1.53 bits per heavy atom. The fraction of sp³-hybridized carbons (Fsp3) is 0.250. The van der Waals surface area contributed by atoms with Crippen LogP contribution in [-0.4, -0.2) is 26.1 Å². The van der Waals surface area contributed by atoms with Gasteiger partial charge in [-0.05, 0) is 12.1 Å². The van der Waals surface area contributed by atoms with Crippen LogP contribution in [-0.2, 0) is 0 Å². The topological polar surface area (TPSA) is 64.3 Å². The number of carbonyl (C=O) groups is 1. The molecule has 0 aliphatic carbocycles. The molecule has 0 aliphatic rings. The number of methoxy groups -OCH3 is 1. The number of amides is 1. The van der Waals surface area contributed by atoms with Crippen molar-refractivity contribution in [2.75, 3.05) is 20.2 Å². The molecule has 0 heterocycles. The summed E-state index contributed by atoms with van der Waals surface area (Å²) in [5.41, 5.74) is 5.23. The van der Waals surface area contributed by atoms with Crippen LogP contribution >= 0.6 is 0 Å². The number of nitrogens with one attached hydrogen (secondary N) is 1. The first-order chi connectivity index (χ1) is 8.19. The molecule has 1 amide bonds. The van der Waals surface area contributed by atoms with Crippen molar-refractivity contribution in [2.24, 2.45) is 5.73 Å². The van der Waals surface area contributed by atoms with Gasteiger partial charge >= 0.3 is 0 Å². The van der Waals surface area contributed by atoms with E-state index in [2.05, 4.69) is 5.32 Å². The molecule has 0 fully saturated rings. The van der Waals surface area contributed by atoms with Crippen LogP contribution < -0.4 is 15.8 Å². The summed E-state index contributed by atoms with van der Waals surface area (Å²) < 4.78 is 18.3. The third-order valence-electron chi connectivity index (χ3n) is 2.10. The van der Waals surface area contributed by atoms with Gasteiger partial charge in [0.2, 0.25) is 0 Å². The standard InChI is InChI=1S/C12H15FN2O2/c1-17-9-4-5-10(11(13)8-9)12(16)15-7-3-2-6-14/h2-5,8H,6-7,14H2,1H3,(H,15,16)/b3-2+. The van der Waals surface area contributed by atoms with Crippen LogP contribution in [0.25, 0.3) is 0 Å². The maximum atomic E-state index is 13.5. The molecule has 0 unspecified atom stereocenters. The minimum absolute atomic E-state index is 0.00746. The third-order valence-corrected chi connectivity index (χ3v) is 2.10. The maximum Gasteiger partial charge on any atom is 0.254 e. The molecule has 1 aromatic rings. The van der Waals surface area contributed by atoms with E-state index >= 15 is 0 Å². The van der Waals surface area contributed by atoms with Crippen LogP contribution in [0.3, 0.4) is 0 Å². The van der Waals surface area contributed by atoms with Crippen molar-refractivity contribution in [3.05, 3.63) is 41.7 Å². The molecular formula is C12H15FN2O2. The normalized spacial score (nSPS) is 10.5. The number of rotatable bonds is 5. The minimum Gasteiger partial charge on any atom is -0.497 e. The number of nitrogens with two attached hydrogens (primary N) is 1. The van der Waals surface area contributed by atoms with Crippen LogP contribution in [0.2, 0.25) is 0 Å². The van der Waals surface area contributed by atoms with E-state index in [0.29, 0.717) is 18.8 Å². The summed E-state index contributed by atoms with van der Waals surface area (Å²) in [5.74, 6) is -0.696. The zero-order chi connectivity index (χ0) is 12.7. The van der Waals surface area contributed by atoms with Crippen LogP contribution in [0.1, 0.15) is 10.4 Å². The predicted octanol–water partition coefficient (Wildman–Crippen LogP) is 1.08. The average Bonchev–Trinajstić information content (AvgIpc) is 2.34. The number of carbonyl (C=O) groups excluding carboxylic acids is 1. The quantitative estimate of drug-likeness (QED) is 0.754. The lowest BCUT2D eigenvalue weighted by Crippen LogP contribution is -2.24. The smallest absolute Gasteiger partial charge is 0.254 e. The van der Waals surface area contributed by atoms with Gasteiger partial charge in [0.1, 0.15) is 11.6 Å². The fourth-order valence-corrected chi connectivity index (χ4v) is 1.23. The molecule has 1 aromatic carbocycles. The second-order valence-electron chi connectivity index (χ2n) is 3.26. The number of hydrogen-bond donors (Lipinski definition) is 2. The van der Waals surface area contributed by atoms with Crippen molar-refractivity contribution in [3.63, 3.8) is 0 Å². The summed E-state index contributed by atoms with van der Waals surface area (Å²) in [6.45, 7) is 0.730. The molecule has 0 atom stereocenters. The monoisotopic (exact) mass is 238 g/mol. The molecule has 5 heteroatoms. The Kier molecular flexibility index (Phi) is 5.16. The lowest BCUT2D eigenvalue weighted by atomic mass is 10.2. The van der Waals surface area contributed by atoms with E-state index in [-0.39, 0.29) is 5.56 Å². The highest BCUT2D eigenvalue weighted by Crippen LogP contribution is 2.15. The van der Waals surface area contributed by atoms with Gasteiger partial charge in [0.25, 0.3) is 5.91 Å². The number of halogens is 1. The summed E-state index contributed by atoms with van der Waals surface area (Å²) in [6.07, 6.45) is 3.42. The molecule has 0 spiro atoms. The Hall–Kier alpha value is -1.88. The Morgan fingerprint density at radius 3 is 2.88 bits per heavy atom. The van der Waals surface area contributed by atoms with Gasteiger partial charge in [-0.25, -0.2) is 4.39 Å². The van der Waals surface area contributed by atoms with E-state index in [0.717, 1.165) is 0 Å². The summed E-state index contributed by atoms with van der Waals surface area (Å²) in [6, 6.07) is 4.09. The van der Waals surface area contributed by atoms with Crippen LogP contribution in [0, 0.1) is 5.82 Å². The molecular weight excluding hydrogens is 223 g/mol. The molecule has 0 aliphatic heterocycles. The van der Waals surface area contributed by atoms with E-state index in [1.807, 2.05) is 0 Å². The van der Waals surface area contributed by atoms with Gasteiger partial charge in [0, 0.05) is 19.2 Å². The highest BCUT2D eigenvalue weighted by molar-refractivity contribution is 5.94. The molecule has 4 nitrogen and oxygen atoms in total. The number of hydrogen-bond acceptors (Lipinski definition) is 3. The summed E-state index contributed by atoms with van der Waals surface area (Å²) >= 11 is 0. The average molecular weight is 238 g/mol. The van der Waals surface area contributed by atoms with E-state index in [9.17, 15) is 9.18 Å². The van der Waals surface area contributed by atoms with E-state index in [4.69, 9.17) is 10.5 Å². The van der Waals surface area contributed by atoms with Gasteiger partial charge in [-0.15, -0.1) is 0 Å². The predicted molar refractivity (Wildman–Crippen MR) is 63.5 cm³/mol. The zero-order valence-corrected chi connectivity index (χ0v) is 9.57. The van der Waals surface area contributed by atoms with Gasteiger partial charge in [-0.1, -0.05) is 12.2 Å². The van der Waals surface area contributed by atoms with Crippen LogP contribution in [0.5, 0.6) is 5.75 Å². The molecule has 92 valence electrons. The minimum atomic E-state index is -0.607. The Morgan fingerprint density at radius 2 is 2.29 bits per heavy atom. The summed E-state index contributed by atoms with van der Waals surface area (Å²) in [4.78, 5) is 11.6. The summed E-state index contributed by atoms with van der Waals surface area (Å²) in [5, 5.41) is 2.55. The molecule has 17 heavy (non-hydrogen) atoms. The first kappa shape index (κ1) is 13.2. The van der Waals surface area contributed by atoms with Crippen molar-refractivity contribution in [1.29, 1.82) is 0 Å². The first-order valence-electron chi connectivity index (χ1n) is 5.16. The Bertz CT molecular complexity index is 419. The van der Waals surface area contributed by atoms with Crippen LogP contribution in [0.4, 0.5) is 4.39 Å². The lowest BCUT2D eigenvalue weighted by molar-refractivity contribution is 0.0954. The highest BCUT2D eigenvalue weighted by atomic mass is 19.1. The van der Waals surface area contributed by atoms with Crippen molar-refractivity contribution >= 4 is 5.91 Å². The van der Waals surface area contributed by atoms with Crippen molar-refractivity contribution in [3.8, 4) is 5.75 Å². The van der Waals surface area contributed by atoms with E-state index < -0.39 is 11.7 Å². The van der Waals surface area contributed by atoms with Gasteiger partial charge in [-0.3, -0.25) is 4.79 Å². The number of benzene rings is 1. The highest BCUT2D eigenvalue weighted by Gasteiger charge is 2.11. The van der Waals surface area contributed by atoms with Crippen molar-refractivity contribution < 1.29 is 13.9 Å². The Balaban J connectivity index is 2.66. The van der Waals surface area contributed by atoms with Gasteiger partial charge in [0.05, 0.1) is 12.7 Å². The summed E-state index contributed by atoms with van der Waals surface area (Å²) in [7, 11) is 1.44. The van der Waals surface area contributed by atoms with Gasteiger partial charge in [-0.2, -0.15) is 0 Å². The third kappa shape index (κ3) is 3.88. The first-order valence-corrected chi connectivity index (χ1v) is 5.16. The Labute approximate surface area is 99.3 Å². The molecule has 0 saturated heterocycles. The molecule has 0 saturated carbocycles. The molecule has 1 rings (SSSR count). The second kappa shape index (κ2) is 6.65. The largest absolute Gasteiger partial charge is 0.497 e. The van der Waals surface area contributed by atoms with E-state index in [1.54, 1.807) is 12.2 Å². The molecule has 3 N–H and O–H groups in total. The van der Waals surface area contributed by atoms with Crippen molar-refractivity contribution in [2.45, 2.75) is 0 Å². The van der Waals surface area contributed by atoms with E-state index in [1.165, 1.54) is 25.3 Å². The molecule has 0 radical (unpaired) electrons. The molecule has 0 bridgehead atoms. The fourth-order valence-electron chi connectivity index (χ4n) is 1.23. The van der Waals surface area contributed by atoms with Gasteiger partial charge < -0.3 is 15.8 Å². The molecule has 0 aromatic heterocycles. The lowest BCUT2D eigenvalue weighted by Gasteiger charge is -2.05. The zero-order valence-electron chi connectivity index (χ0n) is 9.57. The SMILES string of the molecule is COc1ccc(C(=O)NC/C=C/CN)c(F)c1. The van der Waals surface area contributed by atoms with Crippen molar-refractivity contribution in [1.82, 2.24) is 5.32 Å².